The zero-order chi connectivity index (χ0) is 30.7. The van der Waals surface area contributed by atoms with E-state index >= 15 is 4.39 Å². The molecule has 10 heteroatoms. The first-order valence-corrected chi connectivity index (χ1v) is 16.4. The van der Waals surface area contributed by atoms with E-state index in [-0.39, 0.29) is 35.3 Å². The van der Waals surface area contributed by atoms with E-state index in [1.165, 1.54) is 36.5 Å². The fraction of sp³-hybridized carbons (Fsp3) is 0.514. The fourth-order valence-corrected chi connectivity index (χ4v) is 7.93. The average Bonchev–Trinajstić information content (AvgIpc) is 3.91. The van der Waals surface area contributed by atoms with Gasteiger partial charge < -0.3 is 19.4 Å². The molecule has 2 aromatic heterocycles. The molecule has 0 bridgehead atoms. The monoisotopic (exact) mass is 607 g/mol. The summed E-state index contributed by atoms with van der Waals surface area (Å²) in [5.41, 5.74) is 3.96. The Bertz CT molecular complexity index is 1730. The molecule has 0 N–H and O–H groups in total. The van der Waals surface area contributed by atoms with E-state index in [0.29, 0.717) is 55.0 Å². The summed E-state index contributed by atoms with van der Waals surface area (Å²) in [5.74, 6) is 1.11. The summed E-state index contributed by atoms with van der Waals surface area (Å²) in [6.45, 7) is 8.62. The highest BCUT2D eigenvalue weighted by atomic mass is 19.1. The van der Waals surface area contributed by atoms with Gasteiger partial charge in [0.15, 0.2) is 5.82 Å². The van der Waals surface area contributed by atoms with E-state index < -0.39 is 5.82 Å². The lowest BCUT2D eigenvalue weighted by molar-refractivity contribution is -0.128. The van der Waals surface area contributed by atoms with Crippen LogP contribution in [0, 0.1) is 28.5 Å². The number of piperazine rings is 1. The third-order valence-electron chi connectivity index (χ3n) is 10.7. The maximum atomic E-state index is 16.7. The first kappa shape index (κ1) is 28.4. The minimum absolute atomic E-state index is 0.0881. The Balaban J connectivity index is 1.17. The lowest BCUT2D eigenvalue weighted by Crippen LogP contribution is -2.55. The maximum Gasteiger partial charge on any atom is 0.319 e. The normalized spacial score (nSPS) is 24.7. The van der Waals surface area contributed by atoms with Crippen LogP contribution in [0.1, 0.15) is 55.6 Å². The Hall–Kier alpha value is -4.10. The van der Waals surface area contributed by atoms with Crippen molar-refractivity contribution in [3.05, 3.63) is 54.0 Å². The molecule has 0 spiro atoms. The lowest BCUT2D eigenvalue weighted by Gasteiger charge is -2.41. The smallest absolute Gasteiger partial charge is 0.319 e. The third-order valence-corrected chi connectivity index (χ3v) is 10.7. The van der Waals surface area contributed by atoms with Crippen molar-refractivity contribution in [1.82, 2.24) is 24.8 Å². The molecule has 8 rings (SSSR count). The van der Waals surface area contributed by atoms with Gasteiger partial charge in [-0.15, -0.1) is 0 Å². The Morgan fingerprint density at radius 3 is 2.82 bits per heavy atom. The molecule has 1 amide bonds. The second-order valence-corrected chi connectivity index (χ2v) is 13.7. The zero-order valence-corrected chi connectivity index (χ0v) is 25.6. The quantitative estimate of drug-likeness (QED) is 0.318. The predicted molar refractivity (Wildman–Crippen MR) is 168 cm³/mol. The standard InChI is InChI=1S/C35H38FN7O2/c1-2-29(44)43-15-14-42(19-23(43)8-11-37)33-28-18-38-31(25-7-5-6-24-26-16-22(26)17-27(24)25)30(36)32(28)39-34(40-33)45-21-35(9-10-35)20-41-12-3-4-13-41/h2,5-7,18,22-23,26H,1,3-4,8-10,12-17,19-21H2/t22-,23+,26-/m1/s1. The van der Waals surface area contributed by atoms with Crippen molar-refractivity contribution in [2.45, 2.75) is 56.9 Å². The highest BCUT2D eigenvalue weighted by Gasteiger charge is 2.47. The number of hydrogen-bond acceptors (Lipinski definition) is 8. The first-order chi connectivity index (χ1) is 22.0. The summed E-state index contributed by atoms with van der Waals surface area (Å²) in [5, 5.41) is 10.0. The molecule has 2 saturated heterocycles. The van der Waals surface area contributed by atoms with Crippen LogP contribution in [-0.4, -0.2) is 82.6 Å². The van der Waals surface area contributed by atoms with Gasteiger partial charge in [-0.25, -0.2) is 4.39 Å². The molecule has 5 aliphatic rings. The van der Waals surface area contributed by atoms with E-state index in [9.17, 15) is 10.1 Å². The van der Waals surface area contributed by atoms with Crippen LogP contribution in [0.5, 0.6) is 6.01 Å². The van der Waals surface area contributed by atoms with E-state index in [0.717, 1.165) is 44.5 Å². The molecule has 2 aliphatic heterocycles. The minimum Gasteiger partial charge on any atom is -0.463 e. The zero-order valence-electron chi connectivity index (χ0n) is 25.6. The van der Waals surface area contributed by atoms with Crippen molar-refractivity contribution in [2.24, 2.45) is 11.3 Å². The number of rotatable bonds is 9. The van der Waals surface area contributed by atoms with Crippen molar-refractivity contribution >= 4 is 22.6 Å². The number of amides is 1. The Morgan fingerprint density at radius 2 is 2.04 bits per heavy atom. The van der Waals surface area contributed by atoms with Gasteiger partial charge in [-0.3, -0.25) is 9.78 Å². The number of pyridine rings is 1. The second-order valence-electron chi connectivity index (χ2n) is 13.7. The summed E-state index contributed by atoms with van der Waals surface area (Å²) >= 11 is 0. The van der Waals surface area contributed by atoms with Crippen LogP contribution in [0.4, 0.5) is 10.2 Å². The summed E-state index contributed by atoms with van der Waals surface area (Å²) in [6.07, 6.45) is 10.0. The molecular formula is C35H38FN7O2. The molecular weight excluding hydrogens is 569 g/mol. The number of hydrogen-bond donors (Lipinski definition) is 0. The number of anilines is 1. The largest absolute Gasteiger partial charge is 0.463 e. The number of carbonyl (C=O) groups excluding carboxylic acids is 1. The van der Waals surface area contributed by atoms with Gasteiger partial charge in [-0.2, -0.15) is 15.2 Å². The SMILES string of the molecule is C=CC(=O)N1CCN(c2nc(OCC3(CN4CCCC4)CC3)nc3c(F)c(-c4cccc5c4C[C@H]4C[C@@H]54)ncc23)C[C@@H]1CC#N. The van der Waals surface area contributed by atoms with Crippen molar-refractivity contribution in [1.29, 1.82) is 5.26 Å². The van der Waals surface area contributed by atoms with Gasteiger partial charge in [0.2, 0.25) is 5.91 Å². The molecule has 0 radical (unpaired) electrons. The number of nitrogens with zero attached hydrogens (tertiary/aromatic N) is 7. The van der Waals surface area contributed by atoms with Crippen molar-refractivity contribution in [3.63, 3.8) is 0 Å². The Morgan fingerprint density at radius 1 is 1.20 bits per heavy atom. The van der Waals surface area contributed by atoms with Crippen molar-refractivity contribution in [2.75, 3.05) is 50.8 Å². The summed E-state index contributed by atoms with van der Waals surface area (Å²) in [6, 6.07) is 8.17. The molecule has 0 unspecified atom stereocenters. The van der Waals surface area contributed by atoms with E-state index in [4.69, 9.17) is 9.72 Å². The van der Waals surface area contributed by atoms with E-state index in [1.54, 1.807) is 11.1 Å². The number of likely N-dealkylation sites (tertiary alicyclic amines) is 1. The second kappa shape index (κ2) is 11.1. The van der Waals surface area contributed by atoms with Gasteiger partial charge in [0, 0.05) is 43.4 Å². The summed E-state index contributed by atoms with van der Waals surface area (Å²) in [7, 11) is 0. The number of benzene rings is 1. The minimum atomic E-state index is -0.470. The third kappa shape index (κ3) is 5.11. The fourth-order valence-electron chi connectivity index (χ4n) is 7.93. The summed E-state index contributed by atoms with van der Waals surface area (Å²) < 4.78 is 23.0. The maximum absolute atomic E-state index is 16.7. The highest BCUT2D eigenvalue weighted by molar-refractivity contribution is 5.93. The average molecular weight is 608 g/mol. The highest BCUT2D eigenvalue weighted by Crippen LogP contribution is 2.58. The summed E-state index contributed by atoms with van der Waals surface area (Å²) in [4.78, 5) is 33.0. The number of carbonyl (C=O) groups is 1. The Labute approximate surface area is 262 Å². The molecule has 4 fully saturated rings. The molecule has 45 heavy (non-hydrogen) atoms. The molecule has 3 aromatic rings. The molecule has 3 atom stereocenters. The van der Waals surface area contributed by atoms with Crippen LogP contribution in [0.2, 0.25) is 0 Å². The molecule has 1 aromatic carbocycles. The van der Waals surface area contributed by atoms with Crippen LogP contribution >= 0.6 is 0 Å². The van der Waals surface area contributed by atoms with Crippen molar-refractivity contribution in [3.8, 4) is 23.3 Å². The Kier molecular flexibility index (Phi) is 6.97. The van der Waals surface area contributed by atoms with E-state index in [1.807, 2.05) is 17.0 Å². The number of ether oxygens (including phenoxy) is 1. The predicted octanol–water partition coefficient (Wildman–Crippen LogP) is 4.86. The van der Waals surface area contributed by atoms with Gasteiger partial charge in [-0.05, 0) is 80.7 Å². The number of aromatic nitrogens is 3. The van der Waals surface area contributed by atoms with Crippen LogP contribution in [-0.2, 0) is 11.2 Å². The molecule has 4 heterocycles. The molecule has 232 valence electrons. The number of fused-ring (bicyclic) bond motifs is 4. The lowest BCUT2D eigenvalue weighted by atomic mass is 9.96. The molecule has 9 nitrogen and oxygen atoms in total. The van der Waals surface area contributed by atoms with Crippen molar-refractivity contribution < 1.29 is 13.9 Å². The van der Waals surface area contributed by atoms with Gasteiger partial charge in [0.25, 0.3) is 0 Å². The molecule has 3 aliphatic carbocycles. The van der Waals surface area contributed by atoms with Gasteiger partial charge in [-0.1, -0.05) is 24.8 Å². The number of halogens is 1. The topological polar surface area (TPSA) is 98.5 Å². The van der Waals surface area contributed by atoms with E-state index in [2.05, 4.69) is 33.6 Å². The number of nitriles is 1. The van der Waals surface area contributed by atoms with Gasteiger partial charge in [0.05, 0.1) is 30.5 Å². The molecule has 2 saturated carbocycles. The van der Waals surface area contributed by atoms with Gasteiger partial charge in [0.1, 0.15) is 17.0 Å². The van der Waals surface area contributed by atoms with Gasteiger partial charge >= 0.3 is 6.01 Å². The van der Waals surface area contributed by atoms with Crippen LogP contribution < -0.4 is 9.64 Å². The van der Waals surface area contributed by atoms with Crippen LogP contribution in [0.15, 0.2) is 37.1 Å². The van der Waals surface area contributed by atoms with Crippen LogP contribution in [0.25, 0.3) is 22.2 Å². The first-order valence-electron chi connectivity index (χ1n) is 16.4. The van der Waals surface area contributed by atoms with Crippen LogP contribution in [0.3, 0.4) is 0 Å².